The summed E-state index contributed by atoms with van der Waals surface area (Å²) in [5, 5.41) is 40.9. The SMILES string of the molecule is N=NCc1ccc(C2C(=NO)C[C@@]3(O)[C@H]4Cc5ccc(O)c6c5[C@@]3(CCN4CC3CC3)[C@H]2O6)cc1. The molecule has 5 atom stereocenters. The lowest BCUT2D eigenvalue weighted by molar-refractivity contribution is -0.170. The number of aromatic hydroxyl groups is 1. The Kier molecular flexibility index (Phi) is 4.43. The number of hydrogen-bond donors (Lipinski definition) is 4. The van der Waals surface area contributed by atoms with E-state index >= 15 is 0 Å². The molecule has 35 heavy (non-hydrogen) atoms. The molecule has 5 aliphatic rings. The fourth-order valence-electron chi connectivity index (χ4n) is 7.71. The molecule has 1 unspecified atom stereocenters. The van der Waals surface area contributed by atoms with Gasteiger partial charge in [0.25, 0.3) is 0 Å². The van der Waals surface area contributed by atoms with E-state index < -0.39 is 17.1 Å². The topological polar surface area (TPSA) is 122 Å². The molecule has 0 radical (unpaired) electrons. The molecule has 2 aliphatic heterocycles. The number of ether oxygens (including phenoxy) is 1. The van der Waals surface area contributed by atoms with E-state index in [4.69, 9.17) is 10.3 Å². The van der Waals surface area contributed by atoms with Gasteiger partial charge in [-0.25, -0.2) is 5.53 Å². The van der Waals surface area contributed by atoms with Gasteiger partial charge in [-0.3, -0.25) is 4.90 Å². The average molecular weight is 475 g/mol. The average Bonchev–Trinajstić information content (AvgIpc) is 3.60. The first kappa shape index (κ1) is 21.3. The van der Waals surface area contributed by atoms with Crippen LogP contribution >= 0.6 is 0 Å². The molecule has 7 rings (SSSR count). The minimum atomic E-state index is -1.15. The lowest BCUT2D eigenvalue weighted by Gasteiger charge is -2.64. The molecule has 3 aliphatic carbocycles. The molecular weight excluding hydrogens is 444 g/mol. The van der Waals surface area contributed by atoms with Crippen LogP contribution in [-0.4, -0.2) is 56.9 Å². The molecule has 182 valence electrons. The van der Waals surface area contributed by atoms with E-state index in [1.807, 2.05) is 30.3 Å². The van der Waals surface area contributed by atoms with E-state index in [2.05, 4.69) is 15.2 Å². The molecule has 2 aromatic carbocycles. The van der Waals surface area contributed by atoms with Crippen LogP contribution in [0.1, 0.15) is 53.9 Å². The zero-order valence-corrected chi connectivity index (χ0v) is 19.5. The Morgan fingerprint density at radius 1 is 1.14 bits per heavy atom. The second-order valence-electron chi connectivity index (χ2n) is 11.1. The highest BCUT2D eigenvalue weighted by Crippen LogP contribution is 2.67. The number of nitrogens with one attached hydrogen (secondary N) is 1. The Morgan fingerprint density at radius 3 is 2.66 bits per heavy atom. The third-order valence-electron chi connectivity index (χ3n) is 9.40. The summed E-state index contributed by atoms with van der Waals surface area (Å²) in [6.45, 7) is 2.18. The zero-order chi connectivity index (χ0) is 23.9. The predicted octanol–water partition coefficient (Wildman–Crippen LogP) is 3.71. The summed E-state index contributed by atoms with van der Waals surface area (Å²) in [5.41, 5.74) is 9.79. The van der Waals surface area contributed by atoms with Gasteiger partial charge in [0.05, 0.1) is 29.2 Å². The van der Waals surface area contributed by atoms with Gasteiger partial charge in [-0.2, -0.15) is 5.11 Å². The maximum absolute atomic E-state index is 12.7. The summed E-state index contributed by atoms with van der Waals surface area (Å²) in [5.74, 6) is 0.920. The lowest BCUT2D eigenvalue weighted by Crippen LogP contribution is -2.77. The summed E-state index contributed by atoms with van der Waals surface area (Å²) in [6, 6.07) is 11.5. The minimum absolute atomic E-state index is 0.0929. The molecule has 2 aromatic rings. The first-order valence-electron chi connectivity index (χ1n) is 12.6. The van der Waals surface area contributed by atoms with Gasteiger partial charge in [-0.1, -0.05) is 35.5 Å². The van der Waals surface area contributed by atoms with Gasteiger partial charge >= 0.3 is 0 Å². The smallest absolute Gasteiger partial charge is 0.165 e. The number of rotatable bonds is 5. The zero-order valence-electron chi connectivity index (χ0n) is 19.5. The first-order chi connectivity index (χ1) is 17.0. The Bertz CT molecular complexity index is 1240. The molecule has 3 fully saturated rings. The Morgan fingerprint density at radius 2 is 1.94 bits per heavy atom. The van der Waals surface area contributed by atoms with Crippen LogP contribution in [0.3, 0.4) is 0 Å². The molecule has 2 heterocycles. The number of phenolic OH excluding ortho intramolecular Hbond substituents is 1. The van der Waals surface area contributed by atoms with Crippen LogP contribution in [0, 0.1) is 11.4 Å². The molecular formula is C27H30N4O4. The second-order valence-corrected chi connectivity index (χ2v) is 11.1. The van der Waals surface area contributed by atoms with Crippen molar-refractivity contribution in [2.75, 3.05) is 13.1 Å². The molecule has 0 amide bonds. The highest BCUT2D eigenvalue weighted by Gasteiger charge is 2.74. The van der Waals surface area contributed by atoms with Crippen LogP contribution in [0.2, 0.25) is 0 Å². The third-order valence-corrected chi connectivity index (χ3v) is 9.40. The van der Waals surface area contributed by atoms with E-state index in [1.54, 1.807) is 6.07 Å². The Hall–Kier alpha value is -2.97. The third kappa shape index (κ3) is 2.72. The van der Waals surface area contributed by atoms with E-state index in [1.165, 1.54) is 12.8 Å². The number of likely N-dealkylation sites (tertiary alicyclic amines) is 1. The quantitative estimate of drug-likeness (QED) is 0.299. The maximum Gasteiger partial charge on any atom is 0.165 e. The van der Waals surface area contributed by atoms with Crippen LogP contribution in [0.5, 0.6) is 11.5 Å². The molecule has 2 bridgehead atoms. The van der Waals surface area contributed by atoms with E-state index in [0.717, 1.165) is 41.8 Å². The molecule has 8 nitrogen and oxygen atoms in total. The number of aliphatic hydroxyl groups is 1. The van der Waals surface area contributed by atoms with Crippen LogP contribution in [-0.2, 0) is 18.4 Å². The minimum Gasteiger partial charge on any atom is -0.504 e. The second kappa shape index (κ2) is 7.27. The van der Waals surface area contributed by atoms with E-state index in [9.17, 15) is 15.4 Å². The van der Waals surface area contributed by atoms with Crippen molar-refractivity contribution in [2.45, 2.75) is 67.7 Å². The number of benzene rings is 2. The highest BCUT2D eigenvalue weighted by atomic mass is 16.5. The van der Waals surface area contributed by atoms with Crippen LogP contribution in [0.25, 0.3) is 0 Å². The fraction of sp³-hybridized carbons (Fsp3) is 0.519. The van der Waals surface area contributed by atoms with E-state index in [0.29, 0.717) is 30.3 Å². The van der Waals surface area contributed by atoms with Crippen molar-refractivity contribution in [1.82, 2.24) is 4.90 Å². The van der Waals surface area contributed by atoms with Crippen molar-refractivity contribution in [3.8, 4) is 11.5 Å². The number of nitrogens with zero attached hydrogens (tertiary/aromatic N) is 3. The standard InChI is InChI=1S/C27H30N4O4/c28-29-13-15-3-5-17(6-4-15)22-19(30-34)12-27(33)21-11-18-7-8-20(32)24-23(18)26(27,25(22)35-24)9-10-31(21)14-16-1-2-16/h3-8,16,21-22,25,28,32-34H,1-2,9-14H2/t21-,22?,25+,26+,27-/m1/s1. The summed E-state index contributed by atoms with van der Waals surface area (Å²) < 4.78 is 6.61. The van der Waals surface area contributed by atoms with Crippen LogP contribution in [0.15, 0.2) is 46.7 Å². The summed E-state index contributed by atoms with van der Waals surface area (Å²) >= 11 is 0. The monoisotopic (exact) mass is 474 g/mol. The highest BCUT2D eigenvalue weighted by molar-refractivity contribution is 5.95. The number of oxime groups is 1. The molecule has 8 heteroatoms. The fourth-order valence-corrected chi connectivity index (χ4v) is 7.71. The lowest BCUT2D eigenvalue weighted by atomic mass is 9.46. The van der Waals surface area contributed by atoms with Crippen molar-refractivity contribution < 1.29 is 20.2 Å². The number of piperidine rings is 1. The molecule has 1 saturated heterocycles. The van der Waals surface area contributed by atoms with Gasteiger partial charge < -0.3 is 20.2 Å². The molecule has 1 spiro atoms. The Labute approximate surface area is 203 Å². The molecule has 4 N–H and O–H groups in total. The summed E-state index contributed by atoms with van der Waals surface area (Å²) in [7, 11) is 0. The Balaban J connectivity index is 1.40. The maximum atomic E-state index is 12.7. The van der Waals surface area contributed by atoms with Gasteiger partial charge in [0, 0.05) is 24.6 Å². The van der Waals surface area contributed by atoms with Crippen molar-refractivity contribution >= 4 is 5.71 Å². The van der Waals surface area contributed by atoms with Gasteiger partial charge in [-0.15, -0.1) is 0 Å². The molecule has 0 aromatic heterocycles. The van der Waals surface area contributed by atoms with Crippen molar-refractivity contribution in [3.05, 3.63) is 58.7 Å². The van der Waals surface area contributed by atoms with Crippen LogP contribution < -0.4 is 4.74 Å². The first-order valence-corrected chi connectivity index (χ1v) is 12.6. The summed E-state index contributed by atoms with van der Waals surface area (Å²) in [4.78, 5) is 2.46. The van der Waals surface area contributed by atoms with Crippen molar-refractivity contribution in [3.63, 3.8) is 0 Å². The molecule has 2 saturated carbocycles. The van der Waals surface area contributed by atoms with E-state index in [-0.39, 0.29) is 24.1 Å². The van der Waals surface area contributed by atoms with Gasteiger partial charge in [0.1, 0.15) is 6.10 Å². The largest absolute Gasteiger partial charge is 0.504 e. The van der Waals surface area contributed by atoms with Crippen LogP contribution in [0.4, 0.5) is 0 Å². The predicted molar refractivity (Wildman–Crippen MR) is 127 cm³/mol. The van der Waals surface area contributed by atoms with Gasteiger partial charge in [-0.05, 0) is 60.9 Å². The van der Waals surface area contributed by atoms with Gasteiger partial charge in [0.15, 0.2) is 11.5 Å². The summed E-state index contributed by atoms with van der Waals surface area (Å²) in [6.07, 6.45) is 3.69. The number of hydrogen-bond acceptors (Lipinski definition) is 8. The van der Waals surface area contributed by atoms with Crippen molar-refractivity contribution in [1.29, 1.82) is 5.53 Å². The van der Waals surface area contributed by atoms with Crippen molar-refractivity contribution in [2.24, 2.45) is 16.2 Å². The normalized spacial score (nSPS) is 36.0. The number of phenols is 1. The van der Waals surface area contributed by atoms with Gasteiger partial charge in [0.2, 0.25) is 0 Å².